The number of hydrogen-bond acceptors (Lipinski definition) is 3. The molecule has 0 N–H and O–H groups in total. The van der Waals surface area contributed by atoms with Gasteiger partial charge in [0.2, 0.25) is 10.0 Å². The first-order valence-electron chi connectivity index (χ1n) is 8.18. The Kier molecular flexibility index (Phi) is 6.26. The SMILES string of the molecule is CCCCS(=O)(=O)N1CCCC(COc2ccc(C)cc2)C1. The number of ether oxygens (including phenoxy) is 1. The molecule has 1 aliphatic rings. The molecule has 2 rings (SSSR count). The van der Waals surface area contributed by atoms with Gasteiger partial charge in [0.15, 0.2) is 0 Å². The van der Waals surface area contributed by atoms with Crippen LogP contribution in [0.5, 0.6) is 5.75 Å². The fourth-order valence-electron chi connectivity index (χ4n) is 2.72. The summed E-state index contributed by atoms with van der Waals surface area (Å²) >= 11 is 0. The molecule has 0 bridgehead atoms. The minimum atomic E-state index is -3.09. The van der Waals surface area contributed by atoms with Gasteiger partial charge >= 0.3 is 0 Å². The molecule has 0 aliphatic carbocycles. The monoisotopic (exact) mass is 325 g/mol. The van der Waals surface area contributed by atoms with E-state index in [0.29, 0.717) is 19.7 Å². The highest BCUT2D eigenvalue weighted by atomic mass is 32.2. The molecule has 1 aromatic carbocycles. The number of piperidine rings is 1. The highest BCUT2D eigenvalue weighted by Crippen LogP contribution is 2.21. The maximum Gasteiger partial charge on any atom is 0.214 e. The zero-order valence-electron chi connectivity index (χ0n) is 13.6. The normalized spacial score (nSPS) is 20.0. The van der Waals surface area contributed by atoms with Crippen molar-refractivity contribution in [2.24, 2.45) is 5.92 Å². The van der Waals surface area contributed by atoms with E-state index in [-0.39, 0.29) is 11.7 Å². The largest absolute Gasteiger partial charge is 0.493 e. The first-order chi connectivity index (χ1) is 10.5. The first-order valence-corrected chi connectivity index (χ1v) is 9.79. The molecule has 1 heterocycles. The highest BCUT2D eigenvalue weighted by molar-refractivity contribution is 7.89. The summed E-state index contributed by atoms with van der Waals surface area (Å²) in [7, 11) is -3.09. The Labute approximate surface area is 134 Å². The zero-order valence-corrected chi connectivity index (χ0v) is 14.4. The van der Waals surface area contributed by atoms with E-state index in [0.717, 1.165) is 31.4 Å². The molecule has 5 heteroatoms. The molecule has 1 saturated heterocycles. The van der Waals surface area contributed by atoms with Crippen LogP contribution in [0, 0.1) is 12.8 Å². The second kappa shape index (κ2) is 7.97. The molecule has 1 unspecified atom stereocenters. The summed E-state index contributed by atoms with van der Waals surface area (Å²) in [5.74, 6) is 1.41. The zero-order chi connectivity index (χ0) is 16.0. The Morgan fingerprint density at radius 3 is 2.68 bits per heavy atom. The predicted octanol–water partition coefficient (Wildman–Crippen LogP) is 3.22. The summed E-state index contributed by atoms with van der Waals surface area (Å²) < 4.78 is 32.1. The Hall–Kier alpha value is -1.07. The lowest BCUT2D eigenvalue weighted by Gasteiger charge is -2.31. The van der Waals surface area contributed by atoms with E-state index >= 15 is 0 Å². The van der Waals surface area contributed by atoms with Crippen molar-refractivity contribution in [3.05, 3.63) is 29.8 Å². The molecule has 0 radical (unpaired) electrons. The number of benzene rings is 1. The van der Waals surface area contributed by atoms with Crippen LogP contribution in [0.4, 0.5) is 0 Å². The minimum absolute atomic E-state index is 0.273. The van der Waals surface area contributed by atoms with Crippen molar-refractivity contribution >= 4 is 10.0 Å². The van der Waals surface area contributed by atoms with E-state index in [1.807, 2.05) is 38.1 Å². The van der Waals surface area contributed by atoms with Crippen molar-refractivity contribution in [2.45, 2.75) is 39.5 Å². The maximum atomic E-state index is 12.3. The quantitative estimate of drug-likeness (QED) is 0.773. The summed E-state index contributed by atoms with van der Waals surface area (Å²) in [5.41, 5.74) is 1.21. The summed E-state index contributed by atoms with van der Waals surface area (Å²) in [5, 5.41) is 0. The van der Waals surface area contributed by atoms with Gasteiger partial charge in [-0.25, -0.2) is 12.7 Å². The smallest absolute Gasteiger partial charge is 0.214 e. The first kappa shape index (κ1) is 17.3. The van der Waals surface area contributed by atoms with Gasteiger partial charge < -0.3 is 4.74 Å². The standard InChI is InChI=1S/C17H27NO3S/c1-3-4-12-22(19,20)18-11-5-6-16(13-18)14-21-17-9-7-15(2)8-10-17/h7-10,16H,3-6,11-14H2,1-2H3. The molecular formula is C17H27NO3S. The van der Waals surface area contributed by atoms with Crippen molar-refractivity contribution < 1.29 is 13.2 Å². The summed E-state index contributed by atoms with van der Waals surface area (Å²) in [6.45, 7) is 5.90. The molecule has 0 spiro atoms. The Morgan fingerprint density at radius 2 is 2.00 bits per heavy atom. The Balaban J connectivity index is 1.86. The van der Waals surface area contributed by atoms with Gasteiger partial charge in [0.1, 0.15) is 5.75 Å². The van der Waals surface area contributed by atoms with Gasteiger partial charge in [0, 0.05) is 19.0 Å². The third-order valence-electron chi connectivity index (χ3n) is 4.14. The fraction of sp³-hybridized carbons (Fsp3) is 0.647. The van der Waals surface area contributed by atoms with Crippen LogP contribution in [0.25, 0.3) is 0 Å². The predicted molar refractivity (Wildman–Crippen MR) is 89.7 cm³/mol. The molecule has 0 aromatic heterocycles. The molecule has 4 nitrogen and oxygen atoms in total. The van der Waals surface area contributed by atoms with E-state index in [4.69, 9.17) is 4.74 Å². The molecule has 0 amide bonds. The summed E-state index contributed by atoms with van der Waals surface area (Å²) in [4.78, 5) is 0. The number of hydrogen-bond donors (Lipinski definition) is 0. The average molecular weight is 325 g/mol. The van der Waals surface area contributed by atoms with Crippen molar-refractivity contribution in [3.8, 4) is 5.75 Å². The van der Waals surface area contributed by atoms with E-state index in [9.17, 15) is 8.42 Å². The number of unbranched alkanes of at least 4 members (excludes halogenated alkanes) is 1. The Bertz CT molecular complexity index is 554. The van der Waals surface area contributed by atoms with Gasteiger partial charge in [0.25, 0.3) is 0 Å². The second-order valence-corrected chi connectivity index (χ2v) is 8.25. The minimum Gasteiger partial charge on any atom is -0.493 e. The van der Waals surface area contributed by atoms with Gasteiger partial charge in [-0.2, -0.15) is 0 Å². The Morgan fingerprint density at radius 1 is 1.27 bits per heavy atom. The van der Waals surface area contributed by atoms with Crippen LogP contribution in [-0.2, 0) is 10.0 Å². The molecule has 124 valence electrons. The van der Waals surface area contributed by atoms with Crippen LogP contribution in [0.1, 0.15) is 38.2 Å². The van der Waals surface area contributed by atoms with Crippen molar-refractivity contribution in [2.75, 3.05) is 25.4 Å². The van der Waals surface area contributed by atoms with Gasteiger partial charge in [-0.15, -0.1) is 0 Å². The number of sulfonamides is 1. The molecule has 1 aliphatic heterocycles. The lowest BCUT2D eigenvalue weighted by molar-refractivity contribution is 0.180. The van der Waals surface area contributed by atoms with Crippen molar-refractivity contribution in [1.82, 2.24) is 4.31 Å². The van der Waals surface area contributed by atoms with Crippen LogP contribution in [0.3, 0.4) is 0 Å². The van der Waals surface area contributed by atoms with Crippen LogP contribution in [-0.4, -0.2) is 38.2 Å². The van der Waals surface area contributed by atoms with Crippen LogP contribution in [0.15, 0.2) is 24.3 Å². The van der Waals surface area contributed by atoms with Gasteiger partial charge in [-0.1, -0.05) is 31.0 Å². The van der Waals surface area contributed by atoms with Crippen LogP contribution in [0.2, 0.25) is 0 Å². The van der Waals surface area contributed by atoms with Crippen molar-refractivity contribution in [1.29, 1.82) is 0 Å². The molecule has 1 fully saturated rings. The lowest BCUT2D eigenvalue weighted by atomic mass is 10.0. The number of aryl methyl sites for hydroxylation is 1. The number of nitrogens with zero attached hydrogens (tertiary/aromatic N) is 1. The van der Waals surface area contributed by atoms with E-state index in [1.165, 1.54) is 5.56 Å². The van der Waals surface area contributed by atoms with E-state index in [1.54, 1.807) is 4.31 Å². The van der Waals surface area contributed by atoms with E-state index < -0.39 is 10.0 Å². The molecule has 22 heavy (non-hydrogen) atoms. The van der Waals surface area contributed by atoms with Crippen molar-refractivity contribution in [3.63, 3.8) is 0 Å². The molecule has 0 saturated carbocycles. The number of rotatable bonds is 7. The third kappa shape index (κ3) is 4.99. The van der Waals surface area contributed by atoms with Gasteiger partial charge in [-0.3, -0.25) is 0 Å². The van der Waals surface area contributed by atoms with Crippen LogP contribution < -0.4 is 4.74 Å². The van der Waals surface area contributed by atoms with Gasteiger partial charge in [0.05, 0.1) is 12.4 Å². The second-order valence-electron chi connectivity index (χ2n) is 6.16. The third-order valence-corrected chi connectivity index (χ3v) is 6.06. The maximum absolute atomic E-state index is 12.3. The van der Waals surface area contributed by atoms with Gasteiger partial charge in [-0.05, 0) is 38.3 Å². The molecule has 1 aromatic rings. The lowest BCUT2D eigenvalue weighted by Crippen LogP contribution is -2.42. The molecule has 1 atom stereocenters. The highest BCUT2D eigenvalue weighted by Gasteiger charge is 2.28. The van der Waals surface area contributed by atoms with E-state index in [2.05, 4.69) is 0 Å². The van der Waals surface area contributed by atoms with Crippen LogP contribution >= 0.6 is 0 Å². The average Bonchev–Trinajstić information content (AvgIpc) is 2.53. The summed E-state index contributed by atoms with van der Waals surface area (Å²) in [6.07, 6.45) is 3.61. The molecular weight excluding hydrogens is 298 g/mol. The summed E-state index contributed by atoms with van der Waals surface area (Å²) in [6, 6.07) is 7.98. The fourth-order valence-corrected chi connectivity index (χ4v) is 4.48. The topological polar surface area (TPSA) is 46.6 Å².